The third-order valence-electron chi connectivity index (χ3n) is 4.65. The van der Waals surface area contributed by atoms with Crippen molar-refractivity contribution in [3.63, 3.8) is 0 Å². The Bertz CT molecular complexity index is 278. The van der Waals surface area contributed by atoms with E-state index in [1.807, 2.05) is 6.92 Å². The van der Waals surface area contributed by atoms with Crippen LogP contribution >= 0.6 is 0 Å². The lowest BCUT2D eigenvalue weighted by atomic mass is 9.86. The molecule has 0 aromatic rings. The molecule has 4 heteroatoms. The molecule has 17 heavy (non-hydrogen) atoms. The number of piperidine rings is 1. The maximum absolute atomic E-state index is 10.5. The van der Waals surface area contributed by atoms with E-state index in [2.05, 4.69) is 36.0 Å². The highest BCUT2D eigenvalue weighted by Crippen LogP contribution is 2.27. The Balaban J connectivity index is 2.07. The first-order valence-electron chi connectivity index (χ1n) is 6.71. The van der Waals surface area contributed by atoms with E-state index in [-0.39, 0.29) is 11.6 Å². The van der Waals surface area contributed by atoms with E-state index in [0.29, 0.717) is 0 Å². The third-order valence-corrected chi connectivity index (χ3v) is 4.65. The van der Waals surface area contributed by atoms with Crippen LogP contribution in [0.2, 0.25) is 0 Å². The van der Waals surface area contributed by atoms with Gasteiger partial charge in [0.1, 0.15) is 0 Å². The van der Waals surface area contributed by atoms with Crippen molar-refractivity contribution in [3.8, 4) is 0 Å². The zero-order valence-electron chi connectivity index (χ0n) is 11.7. The Hall–Kier alpha value is -0.160. The summed E-state index contributed by atoms with van der Waals surface area (Å²) in [4.78, 5) is 4.88. The minimum Gasteiger partial charge on any atom is -0.388 e. The SMILES string of the molecule is CN1CCN(C2CNCCC2(C)O)CC1(C)C. The quantitative estimate of drug-likeness (QED) is 0.684. The number of hydrogen-bond acceptors (Lipinski definition) is 4. The van der Waals surface area contributed by atoms with Gasteiger partial charge in [0.05, 0.1) is 11.6 Å². The molecule has 0 aliphatic carbocycles. The van der Waals surface area contributed by atoms with Gasteiger partial charge >= 0.3 is 0 Å². The maximum atomic E-state index is 10.5. The van der Waals surface area contributed by atoms with Crippen molar-refractivity contribution < 1.29 is 5.11 Å². The summed E-state index contributed by atoms with van der Waals surface area (Å²) in [5.74, 6) is 0. The Kier molecular flexibility index (Phi) is 3.51. The first-order chi connectivity index (χ1) is 7.83. The van der Waals surface area contributed by atoms with Crippen LogP contribution in [0.1, 0.15) is 27.2 Å². The molecule has 2 unspecified atom stereocenters. The van der Waals surface area contributed by atoms with E-state index in [1.54, 1.807) is 0 Å². The summed E-state index contributed by atoms with van der Waals surface area (Å²) in [6.07, 6.45) is 0.852. The van der Waals surface area contributed by atoms with Gasteiger partial charge in [0, 0.05) is 31.7 Å². The van der Waals surface area contributed by atoms with Crippen LogP contribution in [0.15, 0.2) is 0 Å². The molecular weight excluding hydrogens is 214 g/mol. The van der Waals surface area contributed by atoms with Gasteiger partial charge in [-0.25, -0.2) is 0 Å². The molecule has 0 bridgehead atoms. The number of aliphatic hydroxyl groups is 1. The molecule has 2 rings (SSSR count). The van der Waals surface area contributed by atoms with Crippen LogP contribution in [0, 0.1) is 0 Å². The van der Waals surface area contributed by atoms with Crippen molar-refractivity contribution in [2.45, 2.75) is 44.4 Å². The number of hydrogen-bond donors (Lipinski definition) is 2. The van der Waals surface area contributed by atoms with Crippen molar-refractivity contribution in [1.82, 2.24) is 15.1 Å². The van der Waals surface area contributed by atoms with Crippen LogP contribution in [0.3, 0.4) is 0 Å². The molecule has 2 heterocycles. The fraction of sp³-hybridized carbons (Fsp3) is 1.00. The van der Waals surface area contributed by atoms with Crippen molar-refractivity contribution in [2.75, 3.05) is 39.8 Å². The number of nitrogens with one attached hydrogen (secondary N) is 1. The van der Waals surface area contributed by atoms with Crippen LogP contribution in [0.4, 0.5) is 0 Å². The lowest BCUT2D eigenvalue weighted by Gasteiger charge is -2.52. The van der Waals surface area contributed by atoms with Gasteiger partial charge in [-0.05, 0) is 40.8 Å². The molecule has 4 nitrogen and oxygen atoms in total. The maximum Gasteiger partial charge on any atom is 0.0798 e. The molecule has 2 fully saturated rings. The van der Waals surface area contributed by atoms with E-state index >= 15 is 0 Å². The number of likely N-dealkylation sites (N-methyl/N-ethyl adjacent to an activating group) is 1. The van der Waals surface area contributed by atoms with Crippen molar-refractivity contribution >= 4 is 0 Å². The molecular formula is C13H27N3O. The van der Waals surface area contributed by atoms with Gasteiger partial charge in [-0.1, -0.05) is 0 Å². The third kappa shape index (κ3) is 2.65. The summed E-state index contributed by atoms with van der Waals surface area (Å²) < 4.78 is 0. The monoisotopic (exact) mass is 241 g/mol. The van der Waals surface area contributed by atoms with Crippen molar-refractivity contribution in [2.24, 2.45) is 0 Å². The summed E-state index contributed by atoms with van der Waals surface area (Å²) in [6.45, 7) is 11.6. The van der Waals surface area contributed by atoms with Crippen LogP contribution in [0.5, 0.6) is 0 Å². The molecule has 2 N–H and O–H groups in total. The Morgan fingerprint density at radius 2 is 1.94 bits per heavy atom. The second kappa shape index (κ2) is 4.50. The van der Waals surface area contributed by atoms with Gasteiger partial charge in [0.2, 0.25) is 0 Å². The van der Waals surface area contributed by atoms with Gasteiger partial charge in [-0.3, -0.25) is 9.80 Å². The minimum absolute atomic E-state index is 0.200. The molecule has 0 radical (unpaired) electrons. The Morgan fingerprint density at radius 3 is 2.53 bits per heavy atom. The molecule has 2 saturated heterocycles. The molecule has 2 atom stereocenters. The average molecular weight is 241 g/mol. The molecule has 0 aromatic carbocycles. The van der Waals surface area contributed by atoms with Gasteiger partial charge in [0.15, 0.2) is 0 Å². The summed E-state index contributed by atoms with van der Waals surface area (Å²) in [7, 11) is 2.19. The van der Waals surface area contributed by atoms with E-state index in [1.165, 1.54) is 0 Å². The number of piperazine rings is 1. The number of rotatable bonds is 1. The standard InChI is InChI=1S/C13H27N3O/c1-12(2)10-16(8-7-15(12)4)11-9-14-6-5-13(11,3)17/h11,14,17H,5-10H2,1-4H3. The predicted molar refractivity (Wildman–Crippen MR) is 70.2 cm³/mol. The lowest BCUT2D eigenvalue weighted by Crippen LogP contribution is -2.67. The Labute approximate surface area is 105 Å². The zero-order valence-corrected chi connectivity index (χ0v) is 11.7. The second-order valence-electron chi connectivity index (χ2n) is 6.53. The molecule has 0 amide bonds. The Morgan fingerprint density at radius 1 is 1.24 bits per heavy atom. The average Bonchev–Trinajstić information content (AvgIpc) is 2.22. The van der Waals surface area contributed by atoms with Crippen LogP contribution in [0.25, 0.3) is 0 Å². The molecule has 2 aliphatic heterocycles. The van der Waals surface area contributed by atoms with E-state index < -0.39 is 5.60 Å². The first-order valence-corrected chi connectivity index (χ1v) is 6.71. The van der Waals surface area contributed by atoms with Crippen LogP contribution < -0.4 is 5.32 Å². The molecule has 0 spiro atoms. The fourth-order valence-electron chi connectivity index (χ4n) is 3.03. The topological polar surface area (TPSA) is 38.7 Å². The zero-order chi connectivity index (χ0) is 12.7. The van der Waals surface area contributed by atoms with Crippen LogP contribution in [-0.4, -0.2) is 71.9 Å². The molecule has 0 aromatic heterocycles. The summed E-state index contributed by atoms with van der Waals surface area (Å²) in [6, 6.07) is 0.254. The van der Waals surface area contributed by atoms with E-state index in [0.717, 1.165) is 39.1 Å². The molecule has 100 valence electrons. The van der Waals surface area contributed by atoms with Crippen molar-refractivity contribution in [1.29, 1.82) is 0 Å². The highest BCUT2D eigenvalue weighted by Gasteiger charge is 2.42. The smallest absolute Gasteiger partial charge is 0.0798 e. The van der Waals surface area contributed by atoms with Gasteiger partial charge in [0.25, 0.3) is 0 Å². The molecule has 0 saturated carbocycles. The first kappa shape index (κ1) is 13.3. The largest absolute Gasteiger partial charge is 0.388 e. The van der Waals surface area contributed by atoms with Crippen LogP contribution in [-0.2, 0) is 0 Å². The fourth-order valence-corrected chi connectivity index (χ4v) is 3.03. The lowest BCUT2D eigenvalue weighted by molar-refractivity contribution is -0.0827. The molecule has 2 aliphatic rings. The highest BCUT2D eigenvalue weighted by atomic mass is 16.3. The predicted octanol–water partition coefficient (Wildman–Crippen LogP) is 0.125. The van der Waals surface area contributed by atoms with Gasteiger partial charge < -0.3 is 10.4 Å². The van der Waals surface area contributed by atoms with E-state index in [9.17, 15) is 5.11 Å². The number of nitrogens with zero attached hydrogens (tertiary/aromatic N) is 2. The summed E-state index contributed by atoms with van der Waals surface area (Å²) >= 11 is 0. The normalized spacial score (nSPS) is 40.4. The summed E-state index contributed by atoms with van der Waals surface area (Å²) in [5, 5.41) is 13.9. The van der Waals surface area contributed by atoms with Gasteiger partial charge in [-0.2, -0.15) is 0 Å². The summed E-state index contributed by atoms with van der Waals surface area (Å²) in [5.41, 5.74) is -0.344. The van der Waals surface area contributed by atoms with Crippen molar-refractivity contribution in [3.05, 3.63) is 0 Å². The highest BCUT2D eigenvalue weighted by molar-refractivity contribution is 4.99. The van der Waals surface area contributed by atoms with Gasteiger partial charge in [-0.15, -0.1) is 0 Å². The van der Waals surface area contributed by atoms with E-state index in [4.69, 9.17) is 0 Å². The second-order valence-corrected chi connectivity index (χ2v) is 6.53. The minimum atomic E-state index is -0.544.